The highest BCUT2D eigenvalue weighted by molar-refractivity contribution is 5.91. The van der Waals surface area contributed by atoms with Crippen molar-refractivity contribution in [2.24, 2.45) is 0 Å². The molecule has 1 unspecified atom stereocenters. The highest BCUT2D eigenvalue weighted by atomic mass is 16.5. The number of benzene rings is 2. The molecule has 0 radical (unpaired) electrons. The molecule has 3 aromatic rings. The molecule has 2 aromatic carbocycles. The predicted molar refractivity (Wildman–Crippen MR) is 109 cm³/mol. The van der Waals surface area contributed by atoms with Crippen LogP contribution in [0.4, 0.5) is 0 Å². The van der Waals surface area contributed by atoms with Crippen LogP contribution < -0.4 is 15.0 Å². The molecule has 1 aromatic heterocycles. The largest absolute Gasteiger partial charge is 0.493 e. The number of aromatic nitrogens is 2. The zero-order chi connectivity index (χ0) is 20.4. The first-order valence-corrected chi connectivity index (χ1v) is 9.65. The van der Waals surface area contributed by atoms with Gasteiger partial charge in [0.05, 0.1) is 30.7 Å². The highest BCUT2D eigenvalue weighted by Gasteiger charge is 2.27. The van der Waals surface area contributed by atoms with E-state index in [4.69, 9.17) is 9.47 Å². The summed E-state index contributed by atoms with van der Waals surface area (Å²) in [5.74, 6) is 0.822. The summed E-state index contributed by atoms with van der Waals surface area (Å²) < 4.78 is 11.3. The predicted octanol–water partition coefficient (Wildman–Crippen LogP) is 2.85. The van der Waals surface area contributed by atoms with Crippen molar-refractivity contribution in [2.75, 3.05) is 20.3 Å². The molecule has 29 heavy (non-hydrogen) atoms. The van der Waals surface area contributed by atoms with Crippen LogP contribution in [0.3, 0.4) is 0 Å². The number of amides is 1. The second kappa shape index (κ2) is 7.95. The SMILES string of the molecule is COc1cccc2c1OCCCN(C(=O)C(C)c1n[nH]c(=O)c3ccccc13)C2. The number of H-pyrrole nitrogens is 1. The van der Waals surface area contributed by atoms with Gasteiger partial charge in [0.1, 0.15) is 0 Å². The lowest BCUT2D eigenvalue weighted by Crippen LogP contribution is -2.37. The summed E-state index contributed by atoms with van der Waals surface area (Å²) in [7, 11) is 1.61. The second-order valence-corrected chi connectivity index (χ2v) is 7.12. The number of carbonyl (C=O) groups excluding carboxylic acids is 1. The van der Waals surface area contributed by atoms with Crippen molar-refractivity contribution in [2.45, 2.75) is 25.8 Å². The molecular formula is C22H23N3O4. The zero-order valence-electron chi connectivity index (χ0n) is 16.5. The maximum atomic E-state index is 13.4. The number of hydrogen-bond donors (Lipinski definition) is 1. The van der Waals surface area contributed by atoms with Gasteiger partial charge >= 0.3 is 0 Å². The number of nitrogens with zero attached hydrogens (tertiary/aromatic N) is 2. The number of ether oxygens (including phenoxy) is 2. The molecule has 0 spiro atoms. The topological polar surface area (TPSA) is 84.5 Å². The molecule has 4 rings (SSSR count). The molecular weight excluding hydrogens is 370 g/mol. The first kappa shape index (κ1) is 19.0. The molecule has 2 heterocycles. The normalized spacial score (nSPS) is 15.0. The lowest BCUT2D eigenvalue weighted by molar-refractivity contribution is -0.133. The van der Waals surface area contributed by atoms with Crippen molar-refractivity contribution in [1.82, 2.24) is 15.1 Å². The molecule has 7 heteroatoms. The van der Waals surface area contributed by atoms with E-state index in [1.165, 1.54) is 0 Å². The number of rotatable bonds is 3. The molecule has 0 saturated carbocycles. The minimum Gasteiger partial charge on any atom is -0.493 e. The maximum Gasteiger partial charge on any atom is 0.272 e. The van der Waals surface area contributed by atoms with Crippen LogP contribution in [0, 0.1) is 0 Å². The van der Waals surface area contributed by atoms with E-state index < -0.39 is 5.92 Å². The van der Waals surface area contributed by atoms with Gasteiger partial charge in [0.15, 0.2) is 11.5 Å². The Bertz CT molecular complexity index is 1110. The number of nitrogens with one attached hydrogen (secondary N) is 1. The van der Waals surface area contributed by atoms with Gasteiger partial charge in [-0.25, -0.2) is 5.10 Å². The third-order valence-electron chi connectivity index (χ3n) is 5.28. The van der Waals surface area contributed by atoms with E-state index in [1.807, 2.05) is 42.2 Å². The Morgan fingerprint density at radius 2 is 2.00 bits per heavy atom. The summed E-state index contributed by atoms with van der Waals surface area (Å²) in [4.78, 5) is 27.3. The minimum absolute atomic E-state index is 0.0367. The van der Waals surface area contributed by atoms with Crippen LogP contribution >= 0.6 is 0 Å². The quantitative estimate of drug-likeness (QED) is 0.740. The van der Waals surface area contributed by atoms with Crippen molar-refractivity contribution >= 4 is 16.7 Å². The Morgan fingerprint density at radius 3 is 2.79 bits per heavy atom. The number of para-hydroxylation sites is 1. The highest BCUT2D eigenvalue weighted by Crippen LogP contribution is 2.34. The smallest absolute Gasteiger partial charge is 0.272 e. The van der Waals surface area contributed by atoms with E-state index >= 15 is 0 Å². The van der Waals surface area contributed by atoms with Gasteiger partial charge in [-0.1, -0.05) is 30.3 Å². The van der Waals surface area contributed by atoms with Gasteiger partial charge < -0.3 is 14.4 Å². The fraction of sp³-hybridized carbons (Fsp3) is 0.318. The molecule has 7 nitrogen and oxygen atoms in total. The van der Waals surface area contributed by atoms with Crippen LogP contribution in [0.15, 0.2) is 47.3 Å². The van der Waals surface area contributed by atoms with Gasteiger partial charge in [-0.3, -0.25) is 9.59 Å². The summed E-state index contributed by atoms with van der Waals surface area (Å²) in [5, 5.41) is 7.97. The lowest BCUT2D eigenvalue weighted by atomic mass is 9.99. The van der Waals surface area contributed by atoms with Crippen LogP contribution in [-0.4, -0.2) is 41.3 Å². The summed E-state index contributed by atoms with van der Waals surface area (Å²) in [6.07, 6.45) is 0.718. The fourth-order valence-electron chi connectivity index (χ4n) is 3.77. The molecule has 0 fully saturated rings. The average Bonchev–Trinajstić information content (AvgIpc) is 2.73. The summed E-state index contributed by atoms with van der Waals surface area (Å²) in [6.45, 7) is 3.35. The van der Waals surface area contributed by atoms with Gasteiger partial charge in [-0.15, -0.1) is 0 Å². The zero-order valence-corrected chi connectivity index (χ0v) is 16.5. The Morgan fingerprint density at radius 1 is 1.21 bits per heavy atom. The Balaban J connectivity index is 1.67. The van der Waals surface area contributed by atoms with Gasteiger partial charge in [0, 0.05) is 24.0 Å². The van der Waals surface area contributed by atoms with Crippen molar-refractivity contribution in [3.8, 4) is 11.5 Å². The van der Waals surface area contributed by atoms with Crippen LogP contribution in [0.25, 0.3) is 10.8 Å². The monoisotopic (exact) mass is 393 g/mol. The van der Waals surface area contributed by atoms with Crippen LogP contribution in [0.5, 0.6) is 11.5 Å². The van der Waals surface area contributed by atoms with Crippen molar-refractivity contribution in [3.63, 3.8) is 0 Å². The second-order valence-electron chi connectivity index (χ2n) is 7.12. The summed E-state index contributed by atoms with van der Waals surface area (Å²) >= 11 is 0. The Hall–Kier alpha value is -3.35. The molecule has 1 N–H and O–H groups in total. The number of carbonyl (C=O) groups is 1. The van der Waals surface area contributed by atoms with E-state index in [-0.39, 0.29) is 11.5 Å². The third kappa shape index (κ3) is 3.55. The summed E-state index contributed by atoms with van der Waals surface area (Å²) in [6, 6.07) is 12.9. The molecule has 1 atom stereocenters. The van der Waals surface area contributed by atoms with Gasteiger partial charge in [0.2, 0.25) is 5.91 Å². The van der Waals surface area contributed by atoms with E-state index in [2.05, 4.69) is 10.2 Å². The number of fused-ring (bicyclic) bond motifs is 2. The van der Waals surface area contributed by atoms with E-state index in [9.17, 15) is 9.59 Å². The van der Waals surface area contributed by atoms with Gasteiger partial charge in [0.25, 0.3) is 5.56 Å². The number of aromatic amines is 1. The first-order valence-electron chi connectivity index (χ1n) is 9.65. The third-order valence-corrected chi connectivity index (χ3v) is 5.28. The maximum absolute atomic E-state index is 13.4. The number of hydrogen-bond acceptors (Lipinski definition) is 5. The molecule has 0 bridgehead atoms. The van der Waals surface area contributed by atoms with Crippen LogP contribution in [0.2, 0.25) is 0 Å². The first-order chi connectivity index (χ1) is 14.1. The average molecular weight is 393 g/mol. The molecule has 150 valence electrons. The molecule has 1 amide bonds. The van der Waals surface area contributed by atoms with Crippen molar-refractivity contribution in [3.05, 3.63) is 64.1 Å². The fourth-order valence-corrected chi connectivity index (χ4v) is 3.77. The van der Waals surface area contributed by atoms with Gasteiger partial charge in [-0.05, 0) is 25.5 Å². The van der Waals surface area contributed by atoms with Crippen molar-refractivity contribution < 1.29 is 14.3 Å². The van der Waals surface area contributed by atoms with E-state index in [0.717, 1.165) is 12.0 Å². The Kier molecular flexibility index (Phi) is 5.20. The van der Waals surface area contributed by atoms with Crippen LogP contribution in [0.1, 0.15) is 30.5 Å². The molecule has 1 aliphatic heterocycles. The van der Waals surface area contributed by atoms with Crippen molar-refractivity contribution in [1.29, 1.82) is 0 Å². The summed E-state index contributed by atoms with van der Waals surface area (Å²) in [5.41, 5.74) is 1.23. The molecule has 1 aliphatic rings. The minimum atomic E-state index is -0.494. The standard InChI is InChI=1S/C22H23N3O4/c1-14(19-16-8-3-4-9-17(16)21(26)24-23-19)22(27)25-11-6-12-29-20-15(13-25)7-5-10-18(20)28-2/h3-5,7-10,14H,6,11-13H2,1-2H3,(H,24,26). The molecule has 0 saturated heterocycles. The van der Waals surface area contributed by atoms with Crippen LogP contribution in [-0.2, 0) is 11.3 Å². The van der Waals surface area contributed by atoms with Gasteiger partial charge in [-0.2, -0.15) is 5.10 Å². The van der Waals surface area contributed by atoms with E-state index in [0.29, 0.717) is 47.7 Å². The molecule has 0 aliphatic carbocycles. The Labute approximate surface area is 168 Å². The lowest BCUT2D eigenvalue weighted by Gasteiger charge is -2.29. The van der Waals surface area contributed by atoms with E-state index in [1.54, 1.807) is 19.2 Å². The number of methoxy groups -OCH3 is 1.